The van der Waals surface area contributed by atoms with E-state index in [0.29, 0.717) is 11.4 Å². The molecule has 0 spiro atoms. The molecule has 0 aliphatic heterocycles. The van der Waals surface area contributed by atoms with Gasteiger partial charge in [0, 0.05) is 20.3 Å². The van der Waals surface area contributed by atoms with Crippen LogP contribution in [0.15, 0.2) is 23.5 Å². The molecule has 0 aliphatic carbocycles. The quantitative estimate of drug-likeness (QED) is 0.296. The van der Waals surface area contributed by atoms with Crippen LogP contribution in [0.25, 0.3) is 0 Å². The summed E-state index contributed by atoms with van der Waals surface area (Å²) < 4.78 is 0. The molecule has 0 radical (unpaired) electrons. The number of nitrogens with two attached hydrogens (primary N) is 1. The summed E-state index contributed by atoms with van der Waals surface area (Å²) in [7, 11) is 3.69. The van der Waals surface area contributed by atoms with E-state index >= 15 is 0 Å². The van der Waals surface area contributed by atoms with Gasteiger partial charge in [0.25, 0.3) is 0 Å². The van der Waals surface area contributed by atoms with Crippen LogP contribution in [0.2, 0.25) is 0 Å². The fraction of sp³-hybridized carbons (Fsp3) is 0.250. The first-order valence-corrected chi connectivity index (χ1v) is 3.77. The number of hydrogen-bond donors (Lipinski definition) is 2. The minimum Gasteiger partial charge on any atom is -0.409 e. The van der Waals surface area contributed by atoms with Gasteiger partial charge in [-0.25, -0.2) is 4.98 Å². The van der Waals surface area contributed by atoms with Gasteiger partial charge >= 0.3 is 0 Å². The van der Waals surface area contributed by atoms with Crippen molar-refractivity contribution in [2.24, 2.45) is 10.9 Å². The van der Waals surface area contributed by atoms with Crippen molar-refractivity contribution in [2.75, 3.05) is 19.0 Å². The number of amidine groups is 1. The van der Waals surface area contributed by atoms with Crippen LogP contribution in [0.3, 0.4) is 0 Å². The van der Waals surface area contributed by atoms with Crippen molar-refractivity contribution in [1.82, 2.24) is 4.98 Å². The van der Waals surface area contributed by atoms with Crippen molar-refractivity contribution in [3.05, 3.63) is 23.9 Å². The third-order valence-corrected chi connectivity index (χ3v) is 1.59. The van der Waals surface area contributed by atoms with Crippen molar-refractivity contribution in [2.45, 2.75) is 0 Å². The Morgan fingerprint density at radius 2 is 2.31 bits per heavy atom. The molecule has 0 fully saturated rings. The van der Waals surface area contributed by atoms with E-state index in [0.717, 1.165) is 0 Å². The van der Waals surface area contributed by atoms with E-state index in [9.17, 15) is 0 Å². The number of anilines is 1. The number of hydrogen-bond acceptors (Lipinski definition) is 4. The molecule has 1 rings (SSSR count). The van der Waals surface area contributed by atoms with Gasteiger partial charge in [-0.2, -0.15) is 0 Å². The fourth-order valence-corrected chi connectivity index (χ4v) is 1.01. The predicted molar refractivity (Wildman–Crippen MR) is 51.1 cm³/mol. The molecular weight excluding hydrogens is 168 g/mol. The van der Waals surface area contributed by atoms with E-state index in [-0.39, 0.29) is 5.84 Å². The van der Waals surface area contributed by atoms with Gasteiger partial charge in [0.2, 0.25) is 0 Å². The Balaban J connectivity index is 3.20. The highest BCUT2D eigenvalue weighted by Gasteiger charge is 2.08. The number of aromatic nitrogens is 1. The average Bonchev–Trinajstić information content (AvgIpc) is 2.16. The van der Waals surface area contributed by atoms with Gasteiger partial charge in [-0.05, 0) is 12.1 Å². The van der Waals surface area contributed by atoms with E-state index < -0.39 is 0 Å². The lowest BCUT2D eigenvalue weighted by Crippen LogP contribution is -2.20. The minimum atomic E-state index is 0.0665. The summed E-state index contributed by atoms with van der Waals surface area (Å²) in [4.78, 5) is 5.90. The number of rotatable bonds is 2. The summed E-state index contributed by atoms with van der Waals surface area (Å²) in [5.74, 6) is 0.745. The molecule has 1 aromatic heterocycles. The Kier molecular flexibility index (Phi) is 2.69. The van der Waals surface area contributed by atoms with Crippen molar-refractivity contribution in [3.8, 4) is 0 Å². The van der Waals surface area contributed by atoms with Crippen molar-refractivity contribution in [1.29, 1.82) is 0 Å². The first-order valence-electron chi connectivity index (χ1n) is 3.77. The molecule has 0 saturated heterocycles. The smallest absolute Gasteiger partial charge is 0.173 e. The van der Waals surface area contributed by atoms with Crippen molar-refractivity contribution >= 4 is 11.7 Å². The standard InChI is InChI=1S/C8H12N4O/c1-12(2)8-6(7(9)11-13)4-3-5-10-8/h3-5,13H,1-2H3,(H2,9,11). The van der Waals surface area contributed by atoms with E-state index in [2.05, 4.69) is 10.1 Å². The van der Waals surface area contributed by atoms with Crippen LogP contribution in [0.5, 0.6) is 0 Å². The van der Waals surface area contributed by atoms with Crippen LogP contribution in [0.4, 0.5) is 5.82 Å². The molecule has 5 nitrogen and oxygen atoms in total. The molecule has 13 heavy (non-hydrogen) atoms. The molecule has 1 heterocycles. The second-order valence-electron chi connectivity index (χ2n) is 2.75. The maximum absolute atomic E-state index is 8.51. The summed E-state index contributed by atoms with van der Waals surface area (Å²) >= 11 is 0. The molecular formula is C8H12N4O. The molecule has 0 aromatic carbocycles. The monoisotopic (exact) mass is 180 g/mol. The van der Waals surface area contributed by atoms with Crippen LogP contribution in [0, 0.1) is 0 Å². The van der Waals surface area contributed by atoms with Gasteiger partial charge in [0.05, 0.1) is 5.56 Å². The zero-order valence-corrected chi connectivity index (χ0v) is 7.60. The van der Waals surface area contributed by atoms with Crippen LogP contribution < -0.4 is 10.6 Å². The Morgan fingerprint density at radius 1 is 1.62 bits per heavy atom. The van der Waals surface area contributed by atoms with Crippen LogP contribution in [0.1, 0.15) is 5.56 Å². The molecule has 70 valence electrons. The van der Waals surface area contributed by atoms with Crippen molar-refractivity contribution in [3.63, 3.8) is 0 Å². The van der Waals surface area contributed by atoms with Gasteiger partial charge in [-0.3, -0.25) is 0 Å². The highest BCUT2D eigenvalue weighted by molar-refractivity contribution is 6.01. The molecule has 0 bridgehead atoms. The second-order valence-corrected chi connectivity index (χ2v) is 2.75. The minimum absolute atomic E-state index is 0.0665. The van der Waals surface area contributed by atoms with E-state index in [4.69, 9.17) is 10.9 Å². The molecule has 0 atom stereocenters. The van der Waals surface area contributed by atoms with Gasteiger partial charge < -0.3 is 15.8 Å². The highest BCUT2D eigenvalue weighted by Crippen LogP contribution is 2.13. The van der Waals surface area contributed by atoms with Crippen LogP contribution in [-0.2, 0) is 0 Å². The Hall–Kier alpha value is -1.78. The SMILES string of the molecule is CN(C)c1ncccc1/C(N)=N/O. The number of pyridine rings is 1. The third kappa shape index (κ3) is 1.87. The fourth-order valence-electron chi connectivity index (χ4n) is 1.01. The first-order chi connectivity index (χ1) is 6.16. The number of oxime groups is 1. The maximum Gasteiger partial charge on any atom is 0.173 e. The van der Waals surface area contributed by atoms with Gasteiger partial charge in [-0.15, -0.1) is 0 Å². The molecule has 1 aromatic rings. The Morgan fingerprint density at radius 3 is 2.85 bits per heavy atom. The molecule has 0 unspecified atom stereocenters. The Bertz CT molecular complexity index is 322. The molecule has 3 N–H and O–H groups in total. The lowest BCUT2D eigenvalue weighted by Gasteiger charge is -2.14. The maximum atomic E-state index is 8.51. The number of nitrogens with zero attached hydrogens (tertiary/aromatic N) is 3. The summed E-state index contributed by atoms with van der Waals surface area (Å²) in [6.07, 6.45) is 1.66. The first kappa shape index (κ1) is 9.31. The molecule has 0 aliphatic rings. The van der Waals surface area contributed by atoms with Crippen LogP contribution >= 0.6 is 0 Å². The van der Waals surface area contributed by atoms with Gasteiger partial charge in [-0.1, -0.05) is 5.16 Å². The third-order valence-electron chi connectivity index (χ3n) is 1.59. The van der Waals surface area contributed by atoms with Gasteiger partial charge in [0.15, 0.2) is 5.84 Å². The topological polar surface area (TPSA) is 74.7 Å². The summed E-state index contributed by atoms with van der Waals surface area (Å²) in [5, 5.41) is 11.4. The zero-order chi connectivity index (χ0) is 9.84. The van der Waals surface area contributed by atoms with E-state index in [1.165, 1.54) is 0 Å². The van der Waals surface area contributed by atoms with Crippen molar-refractivity contribution < 1.29 is 5.21 Å². The lowest BCUT2D eigenvalue weighted by molar-refractivity contribution is 0.318. The summed E-state index contributed by atoms with van der Waals surface area (Å²) in [6, 6.07) is 3.48. The molecule has 0 amide bonds. The molecule has 5 heteroatoms. The molecule has 0 saturated carbocycles. The summed E-state index contributed by atoms with van der Waals surface area (Å²) in [5.41, 5.74) is 6.09. The highest BCUT2D eigenvalue weighted by atomic mass is 16.4. The summed E-state index contributed by atoms with van der Waals surface area (Å²) in [6.45, 7) is 0. The van der Waals surface area contributed by atoms with Gasteiger partial charge in [0.1, 0.15) is 5.82 Å². The largest absolute Gasteiger partial charge is 0.409 e. The van der Waals surface area contributed by atoms with E-state index in [1.54, 1.807) is 23.2 Å². The van der Waals surface area contributed by atoms with Crippen LogP contribution in [-0.4, -0.2) is 30.1 Å². The lowest BCUT2D eigenvalue weighted by atomic mass is 10.2. The average molecular weight is 180 g/mol. The second kappa shape index (κ2) is 3.75. The Labute approximate surface area is 76.5 Å². The predicted octanol–water partition coefficient (Wildman–Crippen LogP) is 0.242. The zero-order valence-electron chi connectivity index (χ0n) is 7.60. The normalized spacial score (nSPS) is 11.4. The van der Waals surface area contributed by atoms with E-state index in [1.807, 2.05) is 14.1 Å².